The van der Waals surface area contributed by atoms with Crippen LogP contribution in [0.5, 0.6) is 0 Å². The number of thiophene rings is 1. The first-order valence-electron chi connectivity index (χ1n) is 8.26. The predicted molar refractivity (Wildman–Crippen MR) is 88.1 cm³/mol. The van der Waals surface area contributed by atoms with Gasteiger partial charge in [-0.2, -0.15) is 0 Å². The van der Waals surface area contributed by atoms with E-state index in [2.05, 4.69) is 30.3 Å². The van der Waals surface area contributed by atoms with Gasteiger partial charge in [-0.1, -0.05) is 13.3 Å². The van der Waals surface area contributed by atoms with Crippen LogP contribution in [0.2, 0.25) is 0 Å². The Labute approximate surface area is 131 Å². The van der Waals surface area contributed by atoms with Crippen molar-refractivity contribution >= 4 is 17.2 Å². The third-order valence-corrected chi connectivity index (χ3v) is 6.28. The Bertz CT molecular complexity index is 503. The minimum Gasteiger partial charge on any atom is -0.349 e. The van der Waals surface area contributed by atoms with Gasteiger partial charge in [0.25, 0.3) is 5.91 Å². The van der Waals surface area contributed by atoms with Gasteiger partial charge in [-0.05, 0) is 69.8 Å². The molecule has 1 amide bonds. The maximum absolute atomic E-state index is 12.4. The van der Waals surface area contributed by atoms with Crippen molar-refractivity contribution in [3.05, 3.63) is 21.4 Å². The lowest BCUT2D eigenvalue weighted by Gasteiger charge is -2.29. The van der Waals surface area contributed by atoms with Gasteiger partial charge in [-0.25, -0.2) is 0 Å². The zero-order valence-electron chi connectivity index (χ0n) is 13.2. The molecule has 0 aromatic carbocycles. The molecule has 1 atom stereocenters. The molecule has 2 heterocycles. The number of carbonyl (C=O) groups excluding carboxylic acids is 1. The summed E-state index contributed by atoms with van der Waals surface area (Å²) < 4.78 is 0. The molecular weight excluding hydrogens is 280 g/mol. The summed E-state index contributed by atoms with van der Waals surface area (Å²) in [6, 6.07) is 2.52. The van der Waals surface area contributed by atoms with E-state index in [0.29, 0.717) is 6.04 Å². The summed E-state index contributed by atoms with van der Waals surface area (Å²) >= 11 is 1.72. The number of piperidine rings is 1. The first-order chi connectivity index (χ1) is 10.2. The summed E-state index contributed by atoms with van der Waals surface area (Å²) in [6.45, 7) is 4.45. The quantitative estimate of drug-likeness (QED) is 0.931. The summed E-state index contributed by atoms with van der Waals surface area (Å²) in [5, 5.41) is 3.23. The average molecular weight is 306 g/mol. The highest BCUT2D eigenvalue weighted by molar-refractivity contribution is 7.14. The number of hydrogen-bond donors (Lipinski definition) is 1. The summed E-state index contributed by atoms with van der Waals surface area (Å²) in [5.41, 5.74) is 1.44. The molecular formula is C17H26N2OS. The molecule has 116 valence electrons. The topological polar surface area (TPSA) is 32.3 Å². The highest BCUT2D eigenvalue weighted by Gasteiger charge is 2.24. The third kappa shape index (κ3) is 3.49. The van der Waals surface area contributed by atoms with Crippen molar-refractivity contribution in [1.82, 2.24) is 10.2 Å². The normalized spacial score (nSPS) is 23.8. The highest BCUT2D eigenvalue weighted by atomic mass is 32.1. The Balaban J connectivity index is 1.62. The van der Waals surface area contributed by atoms with Crippen LogP contribution in [0, 0.1) is 5.92 Å². The molecule has 21 heavy (non-hydrogen) atoms. The first kappa shape index (κ1) is 15.0. The molecule has 3 rings (SSSR count). The van der Waals surface area contributed by atoms with Gasteiger partial charge in [-0.15, -0.1) is 11.3 Å². The summed E-state index contributed by atoms with van der Waals surface area (Å²) in [4.78, 5) is 17.2. The number of nitrogens with zero attached hydrogens (tertiary/aromatic N) is 1. The molecule has 0 saturated carbocycles. The van der Waals surface area contributed by atoms with Gasteiger partial charge >= 0.3 is 0 Å². The monoisotopic (exact) mass is 306 g/mol. The van der Waals surface area contributed by atoms with Crippen LogP contribution in [0.1, 0.15) is 52.7 Å². The Morgan fingerprint density at radius 3 is 2.86 bits per heavy atom. The smallest absolute Gasteiger partial charge is 0.261 e. The second-order valence-corrected chi connectivity index (χ2v) is 7.76. The van der Waals surface area contributed by atoms with Crippen LogP contribution in [-0.2, 0) is 12.8 Å². The van der Waals surface area contributed by atoms with E-state index in [1.165, 1.54) is 36.1 Å². The standard InChI is InChI=1S/C17H26N2OS/c1-3-12-4-5-15-13(10-12)11-16(21-15)17(20)18-14-6-8-19(2)9-7-14/h11-12,14H,3-10H2,1-2H3,(H,18,20)/t12-/m1/s1. The molecule has 0 bridgehead atoms. The molecule has 1 aromatic heterocycles. The minimum absolute atomic E-state index is 0.150. The Morgan fingerprint density at radius 2 is 2.14 bits per heavy atom. The van der Waals surface area contributed by atoms with E-state index in [1.54, 1.807) is 11.3 Å². The number of rotatable bonds is 3. The Hall–Kier alpha value is -0.870. The third-order valence-electron chi connectivity index (χ3n) is 5.04. The van der Waals surface area contributed by atoms with Gasteiger partial charge in [0, 0.05) is 10.9 Å². The fraction of sp³-hybridized carbons (Fsp3) is 0.706. The number of carbonyl (C=O) groups is 1. The number of hydrogen-bond acceptors (Lipinski definition) is 3. The van der Waals surface area contributed by atoms with Crippen LogP contribution >= 0.6 is 11.3 Å². The van der Waals surface area contributed by atoms with Crippen molar-refractivity contribution < 1.29 is 4.79 Å². The number of fused-ring (bicyclic) bond motifs is 1. The lowest BCUT2D eigenvalue weighted by Crippen LogP contribution is -2.43. The van der Waals surface area contributed by atoms with Crippen LogP contribution in [-0.4, -0.2) is 37.0 Å². The second-order valence-electron chi connectivity index (χ2n) is 6.63. The number of likely N-dealkylation sites (tertiary alicyclic amines) is 1. The van der Waals surface area contributed by atoms with Crippen molar-refractivity contribution in [2.75, 3.05) is 20.1 Å². The van der Waals surface area contributed by atoms with Gasteiger partial charge in [0.15, 0.2) is 0 Å². The van der Waals surface area contributed by atoms with Crippen LogP contribution in [0.15, 0.2) is 6.07 Å². The summed E-state index contributed by atoms with van der Waals surface area (Å²) in [6.07, 6.45) is 7.03. The van der Waals surface area contributed by atoms with Gasteiger partial charge < -0.3 is 10.2 Å². The van der Waals surface area contributed by atoms with E-state index in [-0.39, 0.29) is 5.91 Å². The van der Waals surface area contributed by atoms with Crippen molar-refractivity contribution in [3.63, 3.8) is 0 Å². The maximum Gasteiger partial charge on any atom is 0.261 e. The molecule has 0 radical (unpaired) electrons. The second kappa shape index (κ2) is 6.49. The minimum atomic E-state index is 0.150. The molecule has 0 spiro atoms. The lowest BCUT2D eigenvalue weighted by atomic mass is 9.87. The Kier molecular flexibility index (Phi) is 4.65. The molecule has 1 aliphatic carbocycles. The van der Waals surface area contributed by atoms with E-state index in [0.717, 1.165) is 36.7 Å². The van der Waals surface area contributed by atoms with Crippen LogP contribution in [0.4, 0.5) is 0 Å². The Morgan fingerprint density at radius 1 is 1.38 bits per heavy atom. The van der Waals surface area contributed by atoms with E-state index in [9.17, 15) is 4.79 Å². The highest BCUT2D eigenvalue weighted by Crippen LogP contribution is 2.33. The molecule has 1 aliphatic heterocycles. The van der Waals surface area contributed by atoms with E-state index < -0.39 is 0 Å². The van der Waals surface area contributed by atoms with Crippen molar-refractivity contribution in [3.8, 4) is 0 Å². The molecule has 1 N–H and O–H groups in total. The average Bonchev–Trinajstić information content (AvgIpc) is 2.92. The van der Waals surface area contributed by atoms with Crippen LogP contribution < -0.4 is 5.32 Å². The molecule has 2 aliphatic rings. The summed E-state index contributed by atoms with van der Waals surface area (Å²) in [5.74, 6) is 0.967. The fourth-order valence-corrected chi connectivity index (χ4v) is 4.58. The first-order valence-corrected chi connectivity index (χ1v) is 9.08. The molecule has 3 nitrogen and oxygen atoms in total. The van der Waals surface area contributed by atoms with Gasteiger partial charge in [-0.3, -0.25) is 4.79 Å². The van der Waals surface area contributed by atoms with E-state index >= 15 is 0 Å². The SMILES string of the molecule is CC[C@@H]1CCc2sc(C(=O)NC3CCN(C)CC3)cc2C1. The molecule has 1 saturated heterocycles. The van der Waals surface area contributed by atoms with Crippen LogP contribution in [0.25, 0.3) is 0 Å². The summed E-state index contributed by atoms with van der Waals surface area (Å²) in [7, 11) is 2.15. The van der Waals surface area contributed by atoms with Crippen molar-refractivity contribution in [1.29, 1.82) is 0 Å². The van der Waals surface area contributed by atoms with Gasteiger partial charge in [0.2, 0.25) is 0 Å². The van der Waals surface area contributed by atoms with E-state index in [1.807, 2.05) is 0 Å². The van der Waals surface area contributed by atoms with Crippen molar-refractivity contribution in [2.45, 2.75) is 51.5 Å². The van der Waals surface area contributed by atoms with E-state index in [4.69, 9.17) is 0 Å². The zero-order chi connectivity index (χ0) is 14.8. The maximum atomic E-state index is 12.4. The van der Waals surface area contributed by atoms with Gasteiger partial charge in [0.1, 0.15) is 0 Å². The lowest BCUT2D eigenvalue weighted by molar-refractivity contribution is 0.0921. The molecule has 0 unspecified atom stereocenters. The van der Waals surface area contributed by atoms with Crippen LogP contribution in [0.3, 0.4) is 0 Å². The fourth-order valence-electron chi connectivity index (χ4n) is 3.47. The number of nitrogens with one attached hydrogen (secondary N) is 1. The number of amides is 1. The number of aryl methyl sites for hydroxylation is 1. The predicted octanol–water partition coefficient (Wildman–Crippen LogP) is 3.09. The zero-order valence-corrected chi connectivity index (χ0v) is 14.0. The molecule has 1 aromatic rings. The molecule has 4 heteroatoms. The van der Waals surface area contributed by atoms with Gasteiger partial charge in [0.05, 0.1) is 4.88 Å². The van der Waals surface area contributed by atoms with Crippen molar-refractivity contribution in [2.24, 2.45) is 5.92 Å². The largest absolute Gasteiger partial charge is 0.349 e. The molecule has 1 fully saturated rings.